The van der Waals surface area contributed by atoms with Crippen molar-refractivity contribution >= 4 is 35.0 Å². The van der Waals surface area contributed by atoms with Crippen LogP contribution in [0.5, 0.6) is 17.2 Å². The number of benzene rings is 2. The van der Waals surface area contributed by atoms with E-state index in [2.05, 4.69) is 5.32 Å². The van der Waals surface area contributed by atoms with Gasteiger partial charge in [-0.25, -0.2) is 4.79 Å². The average molecular weight is 713 g/mol. The molecule has 5 rings (SSSR count). The van der Waals surface area contributed by atoms with Crippen LogP contribution >= 0.6 is 0 Å². The Morgan fingerprint density at radius 1 is 0.980 bits per heavy atom. The molecular weight excluding hydrogens is 668 g/mol. The van der Waals surface area contributed by atoms with Crippen LogP contribution in [0.3, 0.4) is 0 Å². The lowest BCUT2D eigenvalue weighted by Crippen LogP contribution is -2.51. The minimum atomic E-state index is -1.02. The Kier molecular flexibility index (Phi) is 12.3. The highest BCUT2D eigenvalue weighted by Gasteiger charge is 2.41. The summed E-state index contributed by atoms with van der Waals surface area (Å²) < 4.78 is 10.1. The first kappa shape index (κ1) is 39.1. The van der Waals surface area contributed by atoms with Gasteiger partial charge in [0.2, 0.25) is 11.7 Å². The first-order chi connectivity index (χ1) is 23.9. The molecule has 1 heterocycles. The molecule has 2 aliphatic carbocycles. The van der Waals surface area contributed by atoms with Gasteiger partial charge in [-0.05, 0) is 45.1 Å². The number of carbonyl (C=O) groups is 6. The maximum absolute atomic E-state index is 13.2. The fourth-order valence-corrected chi connectivity index (χ4v) is 6.41. The molecule has 1 amide bonds. The molecule has 2 aromatic rings. The van der Waals surface area contributed by atoms with Gasteiger partial charge in [0.1, 0.15) is 35.7 Å². The first-order valence-corrected chi connectivity index (χ1v) is 16.7. The Hall–Kier alpha value is -4.70. The molecule has 1 saturated heterocycles. The van der Waals surface area contributed by atoms with Crippen LogP contribution in [-0.2, 0) is 41.5 Å². The van der Waals surface area contributed by atoms with Gasteiger partial charge in [-0.3, -0.25) is 19.2 Å². The van der Waals surface area contributed by atoms with Crippen molar-refractivity contribution in [3.63, 3.8) is 0 Å². The summed E-state index contributed by atoms with van der Waals surface area (Å²) in [5.41, 5.74) is 4.72. The van der Waals surface area contributed by atoms with Crippen molar-refractivity contribution in [1.82, 2.24) is 5.32 Å². The lowest BCUT2D eigenvalue weighted by atomic mass is 9.75. The zero-order valence-corrected chi connectivity index (χ0v) is 28.8. The quantitative estimate of drug-likeness (QED) is 0.121. The molecule has 15 heteroatoms. The number of phenols is 3. The molecule has 51 heavy (non-hydrogen) atoms. The summed E-state index contributed by atoms with van der Waals surface area (Å²) in [5, 5.41) is 53.0. The van der Waals surface area contributed by atoms with E-state index >= 15 is 0 Å². The number of carbonyl (C=O) groups excluding carboxylic acids is 6. The molecule has 6 unspecified atom stereocenters. The predicted octanol–water partition coefficient (Wildman–Crippen LogP) is 1.11. The summed E-state index contributed by atoms with van der Waals surface area (Å²) in [6.45, 7) is 5.84. The van der Waals surface area contributed by atoms with Crippen molar-refractivity contribution < 1.29 is 63.8 Å². The van der Waals surface area contributed by atoms with Crippen LogP contribution in [0.25, 0.3) is 0 Å². The second kappa shape index (κ2) is 16.1. The number of esters is 1. The van der Waals surface area contributed by atoms with Crippen LogP contribution in [0, 0.1) is 11.8 Å². The monoisotopic (exact) mass is 712 g/mol. The Morgan fingerprint density at radius 2 is 1.63 bits per heavy atom. The highest BCUT2D eigenvalue weighted by molar-refractivity contribution is 6.31. The Balaban J connectivity index is 0.000000502. The number of fused-ring (bicyclic) bond motifs is 3. The predicted molar refractivity (Wildman–Crippen MR) is 178 cm³/mol. The molecular formula is C36H44N2O13. The Labute approximate surface area is 293 Å². The molecule has 1 aliphatic heterocycles. The van der Waals surface area contributed by atoms with Crippen molar-refractivity contribution in [2.45, 2.75) is 96.8 Å². The average Bonchev–Trinajstić information content (AvgIpc) is 3.07. The topological polar surface area (TPSA) is 260 Å². The number of rotatable bonds is 9. The molecule has 2 aromatic carbocycles. The molecule has 0 aromatic heterocycles. The maximum Gasteiger partial charge on any atom is 0.329 e. The fraction of sp³-hybridized carbons (Fsp3) is 0.500. The van der Waals surface area contributed by atoms with Crippen molar-refractivity contribution in [2.24, 2.45) is 17.6 Å². The van der Waals surface area contributed by atoms with Crippen LogP contribution < -0.4 is 11.1 Å². The van der Waals surface area contributed by atoms with Crippen LogP contribution in [0.2, 0.25) is 0 Å². The van der Waals surface area contributed by atoms with E-state index in [0.29, 0.717) is 6.42 Å². The minimum absolute atomic E-state index is 0.0354. The SMILES string of the molecule is CC(=O)CCC(=O)NC(C(=O)OCC(=O)C1CCc2c(O)c3c(c(O)c2C1)C(=O)c1cccc(O)c1C3=O)C(C)C.CC1OC(O)CC(N)C1O. The van der Waals surface area contributed by atoms with E-state index in [1.807, 2.05) is 0 Å². The third-order valence-corrected chi connectivity index (χ3v) is 9.34. The number of hydrogen-bond acceptors (Lipinski definition) is 14. The molecule has 0 bridgehead atoms. The van der Waals surface area contributed by atoms with Crippen molar-refractivity contribution in [1.29, 1.82) is 0 Å². The standard InChI is InChI=1S/C30H31NO10.C6H13NO3/c1-13(2)25(31-21(35)10-7-14(3)32)30(40)41-12-20(34)15-8-9-16-18(11-15)28(38)23-24(26(16)36)29(39)22-17(27(23)37)5-4-6-19(22)33;1-3-6(9)4(7)2-5(8)10-3/h4-6,13,15,25,33,36,38H,7-12H2,1-3H3,(H,31,35);3-6,8-9H,2,7H2,1H3. The van der Waals surface area contributed by atoms with E-state index in [-0.39, 0.29) is 89.3 Å². The van der Waals surface area contributed by atoms with Crippen LogP contribution in [0.15, 0.2) is 18.2 Å². The zero-order valence-electron chi connectivity index (χ0n) is 28.8. The minimum Gasteiger partial charge on any atom is -0.507 e. The number of ether oxygens (including phenoxy) is 2. The van der Waals surface area contributed by atoms with Crippen LogP contribution in [-0.4, -0.2) is 97.7 Å². The molecule has 0 spiro atoms. The number of aliphatic hydroxyl groups excluding tert-OH is 2. The molecule has 1 fully saturated rings. The van der Waals surface area contributed by atoms with E-state index in [0.717, 1.165) is 0 Å². The molecule has 3 aliphatic rings. The van der Waals surface area contributed by atoms with E-state index in [4.69, 9.17) is 20.3 Å². The fourth-order valence-electron chi connectivity index (χ4n) is 6.41. The molecule has 276 valence electrons. The highest BCUT2D eigenvalue weighted by Crippen LogP contribution is 2.47. The third-order valence-electron chi connectivity index (χ3n) is 9.34. The molecule has 0 radical (unpaired) electrons. The van der Waals surface area contributed by atoms with Gasteiger partial charge in [-0.1, -0.05) is 26.0 Å². The van der Waals surface area contributed by atoms with Gasteiger partial charge in [0.25, 0.3) is 0 Å². The number of nitrogens with one attached hydrogen (secondary N) is 1. The first-order valence-electron chi connectivity index (χ1n) is 16.7. The largest absolute Gasteiger partial charge is 0.507 e. The van der Waals surface area contributed by atoms with E-state index in [9.17, 15) is 49.2 Å². The molecule has 0 saturated carbocycles. The highest BCUT2D eigenvalue weighted by atomic mass is 16.6. The van der Waals surface area contributed by atoms with Crippen molar-refractivity contribution in [3.8, 4) is 17.2 Å². The Morgan fingerprint density at radius 3 is 2.25 bits per heavy atom. The number of amides is 1. The van der Waals surface area contributed by atoms with E-state index in [1.54, 1.807) is 20.8 Å². The smallest absolute Gasteiger partial charge is 0.329 e. The van der Waals surface area contributed by atoms with E-state index < -0.39 is 77.4 Å². The van der Waals surface area contributed by atoms with Gasteiger partial charge >= 0.3 is 5.97 Å². The van der Waals surface area contributed by atoms with Gasteiger partial charge < -0.3 is 50.9 Å². The summed E-state index contributed by atoms with van der Waals surface area (Å²) in [6, 6.07) is 2.59. The number of hydrogen-bond donors (Lipinski definition) is 7. The van der Waals surface area contributed by atoms with E-state index in [1.165, 1.54) is 25.1 Å². The second-order valence-electron chi connectivity index (χ2n) is 13.5. The summed E-state index contributed by atoms with van der Waals surface area (Å²) in [6.07, 6.45) is -1.30. The molecule has 8 N–H and O–H groups in total. The number of ketones is 4. The molecule has 15 nitrogen and oxygen atoms in total. The summed E-state index contributed by atoms with van der Waals surface area (Å²) in [5.74, 6) is -5.91. The van der Waals surface area contributed by atoms with Gasteiger partial charge in [0.15, 0.2) is 17.9 Å². The third kappa shape index (κ3) is 8.44. The summed E-state index contributed by atoms with van der Waals surface area (Å²) in [4.78, 5) is 75.3. The van der Waals surface area contributed by atoms with Crippen LogP contribution in [0.4, 0.5) is 0 Å². The summed E-state index contributed by atoms with van der Waals surface area (Å²) >= 11 is 0. The summed E-state index contributed by atoms with van der Waals surface area (Å²) in [7, 11) is 0. The number of phenolic OH excluding ortho intramolecular Hbond substituents is 3. The van der Waals surface area contributed by atoms with Crippen molar-refractivity contribution in [2.75, 3.05) is 6.61 Å². The maximum atomic E-state index is 13.2. The zero-order chi connectivity index (χ0) is 37.9. The van der Waals surface area contributed by atoms with Crippen LogP contribution in [0.1, 0.15) is 96.3 Å². The van der Waals surface area contributed by atoms with Gasteiger partial charge in [-0.2, -0.15) is 0 Å². The van der Waals surface area contributed by atoms with Gasteiger partial charge in [-0.15, -0.1) is 0 Å². The van der Waals surface area contributed by atoms with Crippen molar-refractivity contribution in [3.05, 3.63) is 51.6 Å². The number of Topliss-reactive ketones (excluding diaryl/α,β-unsaturated/α-hetero) is 2. The lowest BCUT2D eigenvalue weighted by Gasteiger charge is -2.33. The normalized spacial score (nSPS) is 22.8. The number of aliphatic hydroxyl groups is 2. The number of aromatic hydroxyl groups is 3. The van der Waals surface area contributed by atoms with Gasteiger partial charge in [0, 0.05) is 47.9 Å². The molecule has 6 atom stereocenters. The number of nitrogens with two attached hydrogens (primary N) is 1. The second-order valence-corrected chi connectivity index (χ2v) is 13.5. The Bertz CT molecular complexity index is 1720. The van der Waals surface area contributed by atoms with Gasteiger partial charge in [0.05, 0.1) is 28.9 Å². The lowest BCUT2D eigenvalue weighted by molar-refractivity contribution is -0.198.